The van der Waals surface area contributed by atoms with Crippen LogP contribution in [0.15, 0.2) is 0 Å². The summed E-state index contributed by atoms with van der Waals surface area (Å²) in [5, 5.41) is 8.42. The third-order valence-electron chi connectivity index (χ3n) is 9.29. The first-order valence-electron chi connectivity index (χ1n) is 21.7. The Bertz CT molecular complexity index is 666. The Kier molecular flexibility index (Phi) is 45.9. The van der Waals surface area contributed by atoms with Crippen LogP contribution in [0, 0.1) is 0 Å². The van der Waals surface area contributed by atoms with Gasteiger partial charge in [-0.05, 0) is 12.8 Å². The highest BCUT2D eigenvalue weighted by atomic mass is 31.1. The second-order valence-corrected chi connectivity index (χ2v) is 16.5. The van der Waals surface area contributed by atoms with Crippen molar-refractivity contribution in [2.45, 2.75) is 206 Å². The fraction of sp³-hybridized carbons (Fsp3) is 1.00. The van der Waals surface area contributed by atoms with Crippen LogP contribution in [0.4, 0.5) is 0 Å². The molecule has 0 aliphatic rings. The molecule has 2 unspecified atom stereocenters. The second-order valence-electron chi connectivity index (χ2n) is 15.6. The van der Waals surface area contributed by atoms with Crippen molar-refractivity contribution < 1.29 is 37.7 Å². The molecule has 0 aliphatic heterocycles. The van der Waals surface area contributed by atoms with E-state index in [0.29, 0.717) is 19.8 Å². The van der Waals surface area contributed by atoms with Gasteiger partial charge in [-0.25, -0.2) is 0 Å². The Balaban J connectivity index is 0. The fourth-order valence-electron chi connectivity index (χ4n) is 6.08. The molecule has 8 nitrogen and oxygen atoms in total. The minimum absolute atomic E-state index is 0.176. The molecule has 0 heterocycles. The number of quaternary nitrogens is 1. The summed E-state index contributed by atoms with van der Waals surface area (Å²) in [5.41, 5.74) is 0. The summed E-state index contributed by atoms with van der Waals surface area (Å²) < 4.78 is 34.3. The molecule has 0 aromatic heterocycles. The van der Waals surface area contributed by atoms with Crippen LogP contribution in [0.5, 0.6) is 0 Å². The summed E-state index contributed by atoms with van der Waals surface area (Å²) in [4.78, 5) is 4.44. The monoisotopic (exact) mass is 752 g/mol. The summed E-state index contributed by atoms with van der Waals surface area (Å²) >= 11 is 0. The number of ether oxygens (including phenoxy) is 2. The van der Waals surface area contributed by atoms with Crippen LogP contribution >= 0.6 is 8.25 Å². The maximum atomic E-state index is 11.7. The zero-order chi connectivity index (χ0) is 37.9. The number of nitrogens with zero attached hydrogens (tertiary/aromatic N) is 1. The van der Waals surface area contributed by atoms with Crippen molar-refractivity contribution >= 4 is 8.25 Å². The van der Waals surface area contributed by atoms with E-state index in [9.17, 15) is 4.57 Å². The van der Waals surface area contributed by atoms with Gasteiger partial charge in [-0.15, -0.1) is 4.52 Å². The number of hydrogen-bond donors (Lipinski definition) is 1. The van der Waals surface area contributed by atoms with E-state index in [1.807, 2.05) is 0 Å². The maximum absolute atomic E-state index is 11.7. The van der Waals surface area contributed by atoms with Crippen LogP contribution in [0.2, 0.25) is 0 Å². The van der Waals surface area contributed by atoms with E-state index < -0.39 is 8.25 Å². The lowest BCUT2D eigenvalue weighted by Gasteiger charge is -2.22. The van der Waals surface area contributed by atoms with E-state index in [1.165, 1.54) is 174 Å². The Morgan fingerprint density at radius 2 is 0.902 bits per heavy atom. The number of aliphatic hydroxyl groups is 1. The van der Waals surface area contributed by atoms with Crippen molar-refractivity contribution in [3.8, 4) is 0 Å². The third kappa shape index (κ3) is 49.8. The van der Waals surface area contributed by atoms with Crippen LogP contribution in [0.3, 0.4) is 0 Å². The lowest BCUT2D eigenvalue weighted by atomic mass is 10.0. The molecular weight excluding hydrogens is 661 g/mol. The van der Waals surface area contributed by atoms with Gasteiger partial charge in [0.2, 0.25) is 0 Å². The summed E-state index contributed by atoms with van der Waals surface area (Å²) in [6.45, 7) is 7.97. The molecule has 0 bridgehead atoms. The van der Waals surface area contributed by atoms with Gasteiger partial charge in [-0.2, -0.15) is 4.89 Å². The lowest BCUT2D eigenvalue weighted by molar-refractivity contribution is -0.870. The molecule has 0 aromatic rings. The van der Waals surface area contributed by atoms with Crippen LogP contribution in [-0.4, -0.2) is 83.5 Å². The molecule has 51 heavy (non-hydrogen) atoms. The smallest absolute Gasteiger partial charge is 0.396 e. The minimum Gasteiger partial charge on any atom is -0.396 e. The van der Waals surface area contributed by atoms with Gasteiger partial charge in [-0.1, -0.05) is 181 Å². The van der Waals surface area contributed by atoms with Crippen molar-refractivity contribution in [1.29, 1.82) is 0 Å². The van der Waals surface area contributed by atoms with Gasteiger partial charge < -0.3 is 19.1 Å². The summed E-state index contributed by atoms with van der Waals surface area (Å²) in [6.07, 6.45) is 38.4. The second kappa shape index (κ2) is 44.2. The maximum Gasteiger partial charge on any atom is 0.728 e. The first-order chi connectivity index (χ1) is 24.8. The Labute approximate surface area is 319 Å². The highest BCUT2D eigenvalue weighted by Crippen LogP contribution is 2.24. The predicted octanol–water partition coefficient (Wildman–Crippen LogP) is 12.7. The molecule has 0 fully saturated rings. The molecule has 2 atom stereocenters. The van der Waals surface area contributed by atoms with E-state index in [0.717, 1.165) is 36.9 Å². The van der Waals surface area contributed by atoms with E-state index in [1.54, 1.807) is 0 Å². The molecule has 9 heteroatoms. The quantitative estimate of drug-likeness (QED) is 0.0219. The molecule has 1 N–H and O–H groups in total. The zero-order valence-corrected chi connectivity index (χ0v) is 36.0. The molecule has 0 aliphatic carbocycles. The summed E-state index contributed by atoms with van der Waals surface area (Å²) in [6, 6.07) is 0. The summed E-state index contributed by atoms with van der Waals surface area (Å²) in [5.74, 6) is 0. The van der Waals surface area contributed by atoms with Crippen LogP contribution < -0.4 is 0 Å². The molecule has 0 radical (unpaired) electrons. The Morgan fingerprint density at radius 1 is 0.529 bits per heavy atom. The Morgan fingerprint density at radius 3 is 1.24 bits per heavy atom. The Hall–Kier alpha value is -0.180. The topological polar surface area (TPSA) is 83.5 Å². The van der Waals surface area contributed by atoms with E-state index in [-0.39, 0.29) is 12.7 Å². The highest BCUT2D eigenvalue weighted by molar-refractivity contribution is 7.33. The van der Waals surface area contributed by atoms with E-state index >= 15 is 0 Å². The first kappa shape index (κ1) is 52.9. The number of unbranched alkanes of at least 4 members (excludes halogenated alkanes) is 26. The average molecular weight is 752 g/mol. The van der Waals surface area contributed by atoms with Gasteiger partial charge >= 0.3 is 8.25 Å². The van der Waals surface area contributed by atoms with Crippen molar-refractivity contribution in [3.63, 3.8) is 0 Å². The molecule has 0 amide bonds. The van der Waals surface area contributed by atoms with Gasteiger partial charge in [0.25, 0.3) is 0 Å². The SMILES string of the molecule is CCCCCCCCCCCCCCCCOCC(CO[P+](=O)OOC)OCCCCCCCCCCCCCCCC.C[N+](C)(C)CCCO. The molecule has 0 rings (SSSR count). The number of hydrogen-bond acceptors (Lipinski definition) is 7. The molecule has 0 saturated carbocycles. The minimum atomic E-state index is -2.30. The van der Waals surface area contributed by atoms with Crippen molar-refractivity contribution in [2.75, 3.05) is 67.8 Å². The summed E-state index contributed by atoms with van der Waals surface area (Å²) in [7, 11) is 5.38. The predicted molar refractivity (Wildman–Crippen MR) is 217 cm³/mol. The van der Waals surface area contributed by atoms with Crippen LogP contribution in [-0.2, 0) is 28.1 Å². The van der Waals surface area contributed by atoms with Crippen LogP contribution in [0.1, 0.15) is 200 Å². The third-order valence-corrected chi connectivity index (χ3v) is 9.92. The van der Waals surface area contributed by atoms with Gasteiger partial charge in [0, 0.05) is 30.8 Å². The molecule has 0 saturated heterocycles. The lowest BCUT2D eigenvalue weighted by Crippen LogP contribution is -2.35. The van der Waals surface area contributed by atoms with Crippen molar-refractivity contribution in [3.05, 3.63) is 0 Å². The molecule has 0 aromatic carbocycles. The number of rotatable bonds is 41. The van der Waals surface area contributed by atoms with Crippen molar-refractivity contribution in [1.82, 2.24) is 0 Å². The van der Waals surface area contributed by atoms with Gasteiger partial charge in [0.15, 0.2) is 0 Å². The van der Waals surface area contributed by atoms with Crippen molar-refractivity contribution in [2.24, 2.45) is 0 Å². The normalized spacial score (nSPS) is 12.6. The van der Waals surface area contributed by atoms with Gasteiger partial charge in [0.1, 0.15) is 12.7 Å². The van der Waals surface area contributed by atoms with Gasteiger partial charge in [-0.3, -0.25) is 0 Å². The molecular formula is C42H90NO7P+2. The zero-order valence-electron chi connectivity index (χ0n) is 35.1. The largest absolute Gasteiger partial charge is 0.728 e. The van der Waals surface area contributed by atoms with Gasteiger partial charge in [0.05, 0.1) is 46.1 Å². The molecule has 0 spiro atoms. The van der Waals surface area contributed by atoms with E-state index in [2.05, 4.69) is 44.6 Å². The molecule has 308 valence electrons. The number of aliphatic hydroxyl groups excluding tert-OH is 1. The highest BCUT2D eigenvalue weighted by Gasteiger charge is 2.25. The standard InChI is InChI=1S/C36H74O6P.C6H16NO/c1-4-6-8-10-12-14-16-18-20-22-24-26-28-30-32-39-34-36(35-41-43(37)42-38-3)40-33-31-29-27-25-23-21-19-17-15-13-11-9-7-5-2;1-7(2,3)5-4-6-8/h36H,4-35H2,1-3H3;8H,4-6H2,1-3H3/q2*+1. The van der Waals surface area contributed by atoms with E-state index in [4.69, 9.17) is 19.1 Å². The van der Waals surface area contributed by atoms with Crippen LogP contribution in [0.25, 0.3) is 0 Å². The fourth-order valence-corrected chi connectivity index (χ4v) is 6.53. The average Bonchev–Trinajstić information content (AvgIpc) is 3.10. The first-order valence-corrected chi connectivity index (χ1v) is 22.8.